The first-order valence-electron chi connectivity index (χ1n) is 8.15. The van der Waals surface area contributed by atoms with Crippen molar-refractivity contribution in [3.05, 3.63) is 101 Å². The standard InChI is InChI=1S/C23H15NO/c1-15-11-12-18-17-9-5-6-10-19(17)22(20(18)13-15)21(14-24)23(25)16-7-3-2-4-8-16/h2-13H,1H3/b22-21+. The number of nitriles is 1. The first-order chi connectivity index (χ1) is 12.2. The number of allylic oxidation sites excluding steroid dienone is 1. The number of benzene rings is 3. The molecule has 0 unspecified atom stereocenters. The van der Waals surface area contributed by atoms with Crippen molar-refractivity contribution in [1.29, 1.82) is 5.26 Å². The van der Waals surface area contributed by atoms with E-state index in [4.69, 9.17) is 0 Å². The number of Topliss-reactive ketones (excluding diaryl/α,β-unsaturated/α-hetero) is 1. The third-order valence-electron chi connectivity index (χ3n) is 4.56. The number of carbonyl (C=O) groups excluding carboxylic acids is 1. The Morgan fingerprint density at radius 2 is 1.44 bits per heavy atom. The molecule has 3 aromatic rings. The van der Waals surface area contributed by atoms with Crippen molar-refractivity contribution in [3.63, 3.8) is 0 Å². The molecule has 0 amide bonds. The highest BCUT2D eigenvalue weighted by molar-refractivity contribution is 6.20. The van der Waals surface area contributed by atoms with Crippen molar-refractivity contribution < 1.29 is 4.79 Å². The summed E-state index contributed by atoms with van der Waals surface area (Å²) in [6, 6.07) is 25.3. The summed E-state index contributed by atoms with van der Waals surface area (Å²) in [5, 5.41) is 9.81. The van der Waals surface area contributed by atoms with Crippen LogP contribution in [-0.4, -0.2) is 5.78 Å². The molecule has 1 aliphatic carbocycles. The van der Waals surface area contributed by atoms with Gasteiger partial charge in [-0.05, 0) is 29.2 Å². The van der Waals surface area contributed by atoms with Crippen LogP contribution in [0.5, 0.6) is 0 Å². The van der Waals surface area contributed by atoms with Gasteiger partial charge in [-0.3, -0.25) is 4.79 Å². The summed E-state index contributed by atoms with van der Waals surface area (Å²) in [6.07, 6.45) is 0. The number of hydrogen-bond acceptors (Lipinski definition) is 2. The lowest BCUT2D eigenvalue weighted by molar-refractivity contribution is 0.103. The predicted molar refractivity (Wildman–Crippen MR) is 99.0 cm³/mol. The zero-order valence-electron chi connectivity index (χ0n) is 13.8. The average Bonchev–Trinajstić information content (AvgIpc) is 2.97. The van der Waals surface area contributed by atoms with Crippen LogP contribution in [0.2, 0.25) is 0 Å². The molecule has 0 saturated carbocycles. The van der Waals surface area contributed by atoms with Crippen molar-refractivity contribution in [1.82, 2.24) is 0 Å². The van der Waals surface area contributed by atoms with E-state index in [2.05, 4.69) is 24.3 Å². The van der Waals surface area contributed by atoms with Gasteiger partial charge in [0.2, 0.25) is 5.78 Å². The largest absolute Gasteiger partial charge is 0.288 e. The minimum absolute atomic E-state index is 0.197. The highest BCUT2D eigenvalue weighted by atomic mass is 16.1. The zero-order valence-corrected chi connectivity index (χ0v) is 13.8. The van der Waals surface area contributed by atoms with Gasteiger partial charge in [0, 0.05) is 11.1 Å². The number of ketones is 1. The number of nitrogens with zero attached hydrogens (tertiary/aromatic N) is 1. The Kier molecular flexibility index (Phi) is 3.56. The normalized spacial score (nSPS) is 13.6. The lowest BCUT2D eigenvalue weighted by atomic mass is 9.93. The molecule has 0 aromatic heterocycles. The molecule has 4 rings (SSSR count). The van der Waals surface area contributed by atoms with E-state index in [1.807, 2.05) is 49.4 Å². The Morgan fingerprint density at radius 1 is 0.800 bits per heavy atom. The fourth-order valence-electron chi connectivity index (χ4n) is 3.40. The molecule has 0 aliphatic heterocycles. The van der Waals surface area contributed by atoms with Gasteiger partial charge >= 0.3 is 0 Å². The molecule has 2 heteroatoms. The maximum Gasteiger partial charge on any atom is 0.204 e. The van der Waals surface area contributed by atoms with Gasteiger partial charge in [-0.1, -0.05) is 78.4 Å². The van der Waals surface area contributed by atoms with E-state index >= 15 is 0 Å². The van der Waals surface area contributed by atoms with Crippen LogP contribution in [-0.2, 0) is 0 Å². The first kappa shape index (κ1) is 15.1. The summed E-state index contributed by atoms with van der Waals surface area (Å²) in [5.41, 5.74) is 6.63. The molecule has 0 spiro atoms. The lowest BCUT2D eigenvalue weighted by Crippen LogP contribution is -2.05. The third kappa shape index (κ3) is 2.38. The van der Waals surface area contributed by atoms with Gasteiger partial charge in [0.05, 0.1) is 0 Å². The molecular weight excluding hydrogens is 306 g/mol. The smallest absolute Gasteiger partial charge is 0.204 e. The Balaban J connectivity index is 2.03. The van der Waals surface area contributed by atoms with Gasteiger partial charge in [-0.25, -0.2) is 0 Å². The number of hydrogen-bond donors (Lipinski definition) is 0. The Bertz CT molecular complexity index is 1070. The van der Waals surface area contributed by atoms with Gasteiger partial charge < -0.3 is 0 Å². The summed E-state index contributed by atoms with van der Waals surface area (Å²) in [4.78, 5) is 13.0. The number of carbonyl (C=O) groups is 1. The zero-order chi connectivity index (χ0) is 17.4. The fourth-order valence-corrected chi connectivity index (χ4v) is 3.40. The molecule has 0 heterocycles. The molecule has 0 N–H and O–H groups in total. The van der Waals surface area contributed by atoms with Crippen LogP contribution in [0.3, 0.4) is 0 Å². The summed E-state index contributed by atoms with van der Waals surface area (Å²) in [7, 11) is 0. The third-order valence-corrected chi connectivity index (χ3v) is 4.56. The van der Waals surface area contributed by atoms with Crippen LogP contribution in [0.15, 0.2) is 78.4 Å². The maximum absolute atomic E-state index is 13.0. The summed E-state index contributed by atoms with van der Waals surface area (Å²) < 4.78 is 0. The lowest BCUT2D eigenvalue weighted by Gasteiger charge is -2.07. The maximum atomic E-state index is 13.0. The Labute approximate surface area is 146 Å². The molecule has 25 heavy (non-hydrogen) atoms. The van der Waals surface area contributed by atoms with Crippen LogP contribution in [0, 0.1) is 18.3 Å². The molecule has 0 fully saturated rings. The molecule has 1 aliphatic rings. The van der Waals surface area contributed by atoms with E-state index in [1.165, 1.54) is 0 Å². The van der Waals surface area contributed by atoms with Crippen molar-refractivity contribution in [2.24, 2.45) is 0 Å². The highest BCUT2D eigenvalue weighted by Gasteiger charge is 2.28. The van der Waals surface area contributed by atoms with Gasteiger partial charge in [-0.15, -0.1) is 0 Å². The Hall–Kier alpha value is -3.44. The molecule has 2 nitrogen and oxygen atoms in total. The predicted octanol–water partition coefficient (Wildman–Crippen LogP) is 5.18. The Morgan fingerprint density at radius 3 is 2.16 bits per heavy atom. The summed E-state index contributed by atoms with van der Waals surface area (Å²) >= 11 is 0. The molecule has 118 valence electrons. The summed E-state index contributed by atoms with van der Waals surface area (Å²) in [6.45, 7) is 2.02. The van der Waals surface area contributed by atoms with Gasteiger partial charge in [0.15, 0.2) is 0 Å². The first-order valence-corrected chi connectivity index (χ1v) is 8.15. The van der Waals surface area contributed by atoms with Crippen molar-refractivity contribution >= 4 is 11.4 Å². The van der Waals surface area contributed by atoms with Crippen molar-refractivity contribution in [2.45, 2.75) is 6.92 Å². The fraction of sp³-hybridized carbons (Fsp3) is 0.0435. The van der Waals surface area contributed by atoms with Crippen LogP contribution < -0.4 is 0 Å². The van der Waals surface area contributed by atoms with Gasteiger partial charge in [-0.2, -0.15) is 5.26 Å². The SMILES string of the molecule is Cc1ccc2c(c1)/C(=C(\C#N)C(=O)c1ccccc1)c1ccccc1-2. The van der Waals surface area contributed by atoms with Crippen LogP contribution in [0.4, 0.5) is 0 Å². The van der Waals surface area contributed by atoms with Gasteiger partial charge in [0.1, 0.15) is 11.6 Å². The highest BCUT2D eigenvalue weighted by Crippen LogP contribution is 2.46. The minimum atomic E-state index is -0.234. The minimum Gasteiger partial charge on any atom is -0.288 e. The quantitative estimate of drug-likeness (QED) is 0.290. The average molecular weight is 321 g/mol. The van der Waals surface area contributed by atoms with E-state index in [1.54, 1.807) is 12.1 Å². The monoisotopic (exact) mass is 321 g/mol. The second-order valence-electron chi connectivity index (χ2n) is 6.15. The van der Waals surface area contributed by atoms with Crippen LogP contribution in [0.1, 0.15) is 27.0 Å². The van der Waals surface area contributed by atoms with Crippen molar-refractivity contribution in [2.75, 3.05) is 0 Å². The van der Waals surface area contributed by atoms with E-state index in [9.17, 15) is 10.1 Å². The van der Waals surface area contributed by atoms with E-state index in [0.29, 0.717) is 5.56 Å². The van der Waals surface area contributed by atoms with E-state index in [0.717, 1.165) is 33.4 Å². The number of fused-ring (bicyclic) bond motifs is 3. The topological polar surface area (TPSA) is 40.9 Å². The molecular formula is C23H15NO. The van der Waals surface area contributed by atoms with Gasteiger partial charge in [0.25, 0.3) is 0 Å². The van der Waals surface area contributed by atoms with Crippen LogP contribution >= 0.6 is 0 Å². The molecule has 0 atom stereocenters. The second-order valence-corrected chi connectivity index (χ2v) is 6.15. The number of aryl methyl sites for hydroxylation is 1. The molecule has 0 saturated heterocycles. The van der Waals surface area contributed by atoms with Crippen LogP contribution in [0.25, 0.3) is 16.7 Å². The van der Waals surface area contributed by atoms with Crippen molar-refractivity contribution in [3.8, 4) is 17.2 Å². The second kappa shape index (κ2) is 5.89. The van der Waals surface area contributed by atoms with E-state index < -0.39 is 0 Å². The molecule has 3 aromatic carbocycles. The molecule has 0 bridgehead atoms. The van der Waals surface area contributed by atoms with E-state index in [-0.39, 0.29) is 11.4 Å². The summed E-state index contributed by atoms with van der Waals surface area (Å²) in [5.74, 6) is -0.234. The molecule has 0 radical (unpaired) electrons. The number of rotatable bonds is 2.